The van der Waals surface area contributed by atoms with Crippen molar-refractivity contribution in [2.75, 3.05) is 56.6 Å². The fraction of sp³-hybridized carbons (Fsp3) is 0.364. The zero-order valence-electron chi connectivity index (χ0n) is 16.8. The standard InChI is InChI=1S/C22H27N5O2/c1-28-20-10-5-7-18(17-20)21-24-22(29-25-21)23-11-6-12-26-13-15-27(16-14-26)19-8-3-2-4-9-19/h2-5,7-10,17H,6,11-16H2,1H3,(H,23,24,25). The first kappa shape index (κ1) is 19.3. The predicted molar refractivity (Wildman–Crippen MR) is 114 cm³/mol. The molecule has 29 heavy (non-hydrogen) atoms. The van der Waals surface area contributed by atoms with Crippen molar-refractivity contribution in [3.05, 3.63) is 54.6 Å². The van der Waals surface area contributed by atoms with Crippen molar-refractivity contribution in [3.63, 3.8) is 0 Å². The molecule has 1 aromatic heterocycles. The average Bonchev–Trinajstić information content (AvgIpc) is 3.27. The highest BCUT2D eigenvalue weighted by atomic mass is 16.5. The van der Waals surface area contributed by atoms with Crippen LogP contribution in [0.1, 0.15) is 6.42 Å². The summed E-state index contributed by atoms with van der Waals surface area (Å²) in [6, 6.07) is 18.7. The Hall–Kier alpha value is -3.06. The molecular weight excluding hydrogens is 366 g/mol. The normalized spacial score (nSPS) is 14.7. The highest BCUT2D eigenvalue weighted by Crippen LogP contribution is 2.22. The van der Waals surface area contributed by atoms with Crippen LogP contribution in [0, 0.1) is 0 Å². The molecule has 0 amide bonds. The van der Waals surface area contributed by atoms with Gasteiger partial charge in [-0.2, -0.15) is 4.98 Å². The van der Waals surface area contributed by atoms with Gasteiger partial charge in [-0.3, -0.25) is 4.90 Å². The Bertz CT molecular complexity index is 891. The molecule has 0 bridgehead atoms. The Morgan fingerprint density at radius 2 is 1.86 bits per heavy atom. The van der Waals surface area contributed by atoms with Gasteiger partial charge < -0.3 is 19.5 Å². The van der Waals surface area contributed by atoms with Crippen LogP contribution < -0.4 is 15.0 Å². The van der Waals surface area contributed by atoms with Crippen LogP contribution >= 0.6 is 0 Å². The number of hydrogen-bond acceptors (Lipinski definition) is 7. The fourth-order valence-corrected chi connectivity index (χ4v) is 3.54. The number of methoxy groups -OCH3 is 1. The molecule has 0 atom stereocenters. The van der Waals surface area contributed by atoms with Crippen LogP contribution in [0.3, 0.4) is 0 Å². The topological polar surface area (TPSA) is 66.7 Å². The third-order valence-electron chi connectivity index (χ3n) is 5.17. The first-order chi connectivity index (χ1) is 14.3. The van der Waals surface area contributed by atoms with Gasteiger partial charge in [-0.05, 0) is 37.2 Å². The first-order valence-electron chi connectivity index (χ1n) is 10.1. The molecule has 1 aliphatic rings. The summed E-state index contributed by atoms with van der Waals surface area (Å²) in [5, 5.41) is 7.28. The van der Waals surface area contributed by atoms with Crippen molar-refractivity contribution in [2.45, 2.75) is 6.42 Å². The number of para-hydroxylation sites is 1. The number of benzene rings is 2. The summed E-state index contributed by atoms with van der Waals surface area (Å²) in [6.07, 6.45) is 1.03. The Balaban J connectivity index is 1.18. The van der Waals surface area contributed by atoms with E-state index >= 15 is 0 Å². The lowest BCUT2D eigenvalue weighted by molar-refractivity contribution is 0.257. The maximum absolute atomic E-state index is 5.31. The number of rotatable bonds is 8. The van der Waals surface area contributed by atoms with E-state index in [2.05, 4.69) is 55.6 Å². The van der Waals surface area contributed by atoms with E-state index in [1.807, 2.05) is 24.3 Å². The minimum atomic E-state index is 0.455. The van der Waals surface area contributed by atoms with Gasteiger partial charge in [0.25, 0.3) is 0 Å². The number of anilines is 2. The molecule has 1 N–H and O–H groups in total. The quantitative estimate of drug-likeness (QED) is 0.589. The number of hydrogen-bond donors (Lipinski definition) is 1. The van der Waals surface area contributed by atoms with Gasteiger partial charge in [0.15, 0.2) is 0 Å². The summed E-state index contributed by atoms with van der Waals surface area (Å²) in [7, 11) is 1.64. The predicted octanol–water partition coefficient (Wildman–Crippen LogP) is 3.37. The van der Waals surface area contributed by atoms with Crippen LogP contribution in [-0.4, -0.2) is 61.4 Å². The summed E-state index contributed by atoms with van der Waals surface area (Å²) in [6.45, 7) is 6.20. The van der Waals surface area contributed by atoms with Crippen LogP contribution in [0.5, 0.6) is 5.75 Å². The molecule has 2 aromatic carbocycles. The molecule has 1 aliphatic heterocycles. The van der Waals surface area contributed by atoms with Crippen LogP contribution in [0.15, 0.2) is 59.1 Å². The first-order valence-corrected chi connectivity index (χ1v) is 10.1. The molecule has 1 fully saturated rings. The van der Waals surface area contributed by atoms with E-state index in [9.17, 15) is 0 Å². The second-order valence-electron chi connectivity index (χ2n) is 7.10. The number of nitrogens with one attached hydrogen (secondary N) is 1. The third kappa shape index (κ3) is 5.06. The molecule has 152 valence electrons. The lowest BCUT2D eigenvalue weighted by Crippen LogP contribution is -2.46. The lowest BCUT2D eigenvalue weighted by Gasteiger charge is -2.36. The van der Waals surface area contributed by atoms with Crippen LogP contribution in [0.4, 0.5) is 11.7 Å². The molecular formula is C22H27N5O2. The third-order valence-corrected chi connectivity index (χ3v) is 5.17. The maximum atomic E-state index is 5.31. The summed E-state index contributed by atoms with van der Waals surface area (Å²) < 4.78 is 10.6. The van der Waals surface area contributed by atoms with Crippen molar-refractivity contribution in [1.82, 2.24) is 15.0 Å². The van der Waals surface area contributed by atoms with E-state index in [-0.39, 0.29) is 0 Å². The largest absolute Gasteiger partial charge is 0.497 e. The molecule has 1 saturated heterocycles. The summed E-state index contributed by atoms with van der Waals surface area (Å²) >= 11 is 0. The van der Waals surface area contributed by atoms with Crippen molar-refractivity contribution in [3.8, 4) is 17.1 Å². The second-order valence-corrected chi connectivity index (χ2v) is 7.10. The van der Waals surface area contributed by atoms with Crippen molar-refractivity contribution in [1.29, 1.82) is 0 Å². The van der Waals surface area contributed by atoms with Gasteiger partial charge in [0.2, 0.25) is 5.82 Å². The molecule has 0 saturated carbocycles. The fourth-order valence-electron chi connectivity index (χ4n) is 3.54. The van der Waals surface area contributed by atoms with E-state index in [4.69, 9.17) is 9.26 Å². The van der Waals surface area contributed by atoms with Crippen LogP contribution in [-0.2, 0) is 0 Å². The Labute approximate surface area is 171 Å². The Kier molecular flexibility index (Phi) is 6.26. The second kappa shape index (κ2) is 9.43. The zero-order valence-corrected chi connectivity index (χ0v) is 16.8. The van der Waals surface area contributed by atoms with Gasteiger partial charge in [-0.15, -0.1) is 0 Å². The van der Waals surface area contributed by atoms with E-state index in [0.717, 1.165) is 57.0 Å². The SMILES string of the molecule is COc1cccc(-c2noc(NCCCN3CCN(c4ccccc4)CC3)n2)c1. The van der Waals surface area contributed by atoms with Gasteiger partial charge in [0.1, 0.15) is 5.75 Å². The zero-order chi connectivity index (χ0) is 19.9. The molecule has 2 heterocycles. The highest BCUT2D eigenvalue weighted by molar-refractivity contribution is 5.57. The smallest absolute Gasteiger partial charge is 0.321 e. The van der Waals surface area contributed by atoms with Crippen molar-refractivity contribution in [2.24, 2.45) is 0 Å². The van der Waals surface area contributed by atoms with Crippen molar-refractivity contribution < 1.29 is 9.26 Å². The molecule has 0 radical (unpaired) electrons. The van der Waals surface area contributed by atoms with Crippen molar-refractivity contribution >= 4 is 11.7 Å². The molecule has 7 nitrogen and oxygen atoms in total. The highest BCUT2D eigenvalue weighted by Gasteiger charge is 2.16. The minimum absolute atomic E-state index is 0.455. The Morgan fingerprint density at radius 3 is 2.66 bits per heavy atom. The van der Waals surface area contributed by atoms with Gasteiger partial charge in [-0.1, -0.05) is 35.5 Å². The van der Waals surface area contributed by atoms with Gasteiger partial charge in [0, 0.05) is 44.0 Å². The number of piperazine rings is 1. The van der Waals surface area contributed by atoms with Gasteiger partial charge in [0.05, 0.1) is 7.11 Å². The number of aromatic nitrogens is 2. The Morgan fingerprint density at radius 1 is 1.03 bits per heavy atom. The van der Waals surface area contributed by atoms with E-state index in [0.29, 0.717) is 11.8 Å². The summed E-state index contributed by atoms with van der Waals surface area (Å²) in [4.78, 5) is 9.38. The average molecular weight is 393 g/mol. The number of ether oxygens (including phenoxy) is 1. The lowest BCUT2D eigenvalue weighted by atomic mass is 10.2. The number of nitrogens with zero attached hydrogens (tertiary/aromatic N) is 4. The van der Waals surface area contributed by atoms with Gasteiger partial charge in [-0.25, -0.2) is 0 Å². The van der Waals surface area contributed by atoms with E-state index in [1.54, 1.807) is 7.11 Å². The summed E-state index contributed by atoms with van der Waals surface area (Å²) in [5.41, 5.74) is 2.19. The molecule has 4 rings (SSSR count). The monoisotopic (exact) mass is 393 g/mol. The molecule has 3 aromatic rings. The minimum Gasteiger partial charge on any atom is -0.497 e. The van der Waals surface area contributed by atoms with Crippen LogP contribution in [0.2, 0.25) is 0 Å². The molecule has 0 aliphatic carbocycles. The molecule has 7 heteroatoms. The van der Waals surface area contributed by atoms with Gasteiger partial charge >= 0.3 is 6.01 Å². The maximum Gasteiger partial charge on any atom is 0.321 e. The molecule has 0 spiro atoms. The van der Waals surface area contributed by atoms with E-state index < -0.39 is 0 Å². The van der Waals surface area contributed by atoms with E-state index in [1.165, 1.54) is 5.69 Å². The van der Waals surface area contributed by atoms with Crippen LogP contribution in [0.25, 0.3) is 11.4 Å². The molecule has 0 unspecified atom stereocenters. The summed E-state index contributed by atoms with van der Waals surface area (Å²) in [5.74, 6) is 1.33.